The molecule has 0 saturated heterocycles. The van der Waals surface area contributed by atoms with E-state index in [0.717, 1.165) is 23.1 Å². The van der Waals surface area contributed by atoms with Crippen LogP contribution in [0.4, 0.5) is 5.69 Å². The first-order chi connectivity index (χ1) is 7.66. The van der Waals surface area contributed by atoms with E-state index in [-0.39, 0.29) is 0 Å². The average Bonchev–Trinajstić information content (AvgIpc) is 3.11. The highest BCUT2D eigenvalue weighted by Crippen LogP contribution is 2.60. The Hall–Kier alpha value is -1.51. The normalized spacial score (nSPS) is 27.8. The van der Waals surface area contributed by atoms with E-state index in [1.54, 1.807) is 18.2 Å². The van der Waals surface area contributed by atoms with Crippen LogP contribution in [-0.2, 0) is 0 Å². The molecule has 2 aliphatic rings. The molecule has 3 rings (SSSR count). The molecule has 0 amide bonds. The van der Waals surface area contributed by atoms with Gasteiger partial charge in [-0.3, -0.25) is 0 Å². The molecule has 0 radical (unpaired) electrons. The fourth-order valence-electron chi connectivity index (χ4n) is 2.65. The van der Waals surface area contributed by atoms with Crippen molar-refractivity contribution in [2.75, 3.05) is 5.73 Å². The van der Waals surface area contributed by atoms with Crippen molar-refractivity contribution >= 4 is 11.7 Å². The molecule has 84 valence electrons. The Labute approximate surface area is 94.3 Å². The summed E-state index contributed by atoms with van der Waals surface area (Å²) in [5.74, 6) is 1.31. The quantitative estimate of drug-likeness (QED) is 0.764. The van der Waals surface area contributed by atoms with E-state index in [4.69, 9.17) is 10.8 Å². The Bertz CT molecular complexity index is 451. The number of carboxylic acids is 1. The van der Waals surface area contributed by atoms with Gasteiger partial charge in [0.2, 0.25) is 0 Å². The van der Waals surface area contributed by atoms with E-state index in [9.17, 15) is 4.79 Å². The maximum atomic E-state index is 10.9. The molecule has 1 aromatic rings. The molecule has 0 aromatic heterocycles. The van der Waals surface area contributed by atoms with Gasteiger partial charge in [0.05, 0.1) is 5.56 Å². The molecule has 2 atom stereocenters. The molecular weight excluding hydrogens is 202 g/mol. The van der Waals surface area contributed by atoms with Gasteiger partial charge in [-0.1, -0.05) is 0 Å². The third-order valence-electron chi connectivity index (χ3n) is 3.80. The number of hydrogen-bond donors (Lipinski definition) is 2. The number of anilines is 1. The summed E-state index contributed by atoms with van der Waals surface area (Å²) in [4.78, 5) is 10.9. The Morgan fingerprint density at radius 3 is 2.75 bits per heavy atom. The number of carboxylic acid groups (broad SMARTS) is 1. The van der Waals surface area contributed by atoms with E-state index in [2.05, 4.69) is 0 Å². The molecule has 0 bridgehead atoms. The van der Waals surface area contributed by atoms with Gasteiger partial charge in [0.1, 0.15) is 0 Å². The summed E-state index contributed by atoms with van der Waals surface area (Å²) in [7, 11) is 0. The minimum Gasteiger partial charge on any atom is -0.478 e. The molecule has 2 saturated carbocycles. The molecule has 3 heteroatoms. The first kappa shape index (κ1) is 9.70. The fourth-order valence-corrected chi connectivity index (χ4v) is 2.65. The summed E-state index contributed by atoms with van der Waals surface area (Å²) >= 11 is 0. The van der Waals surface area contributed by atoms with Crippen molar-refractivity contribution in [1.82, 2.24) is 0 Å². The van der Waals surface area contributed by atoms with Crippen LogP contribution in [0.2, 0.25) is 0 Å². The Morgan fingerprint density at radius 2 is 2.12 bits per heavy atom. The third-order valence-corrected chi connectivity index (χ3v) is 3.80. The number of nitrogens with two attached hydrogens (primary N) is 1. The molecule has 0 heterocycles. The number of aromatic carboxylic acids is 1. The lowest BCUT2D eigenvalue weighted by molar-refractivity contribution is 0.0697. The molecular formula is C13H15NO2. The van der Waals surface area contributed by atoms with E-state index in [1.807, 2.05) is 0 Å². The SMILES string of the molecule is Nc1ccc(C(=O)O)cc1C1CC1C1CC1. The lowest BCUT2D eigenvalue weighted by Gasteiger charge is -2.06. The fraction of sp³-hybridized carbons (Fsp3) is 0.462. The molecule has 0 spiro atoms. The standard InChI is InChI=1S/C13H15NO2/c14-12-4-3-8(13(15)16)5-11(12)10-6-9(10)7-1-2-7/h3-5,7,9-10H,1-2,6,14H2,(H,15,16). The van der Waals surface area contributed by atoms with E-state index >= 15 is 0 Å². The molecule has 2 unspecified atom stereocenters. The molecule has 2 aliphatic carbocycles. The minimum atomic E-state index is -0.870. The van der Waals surface area contributed by atoms with Crippen LogP contribution in [0.1, 0.15) is 41.1 Å². The summed E-state index contributed by atoms with van der Waals surface area (Å²) in [6, 6.07) is 5.06. The van der Waals surface area contributed by atoms with Crippen molar-refractivity contribution in [3.8, 4) is 0 Å². The van der Waals surface area contributed by atoms with Crippen molar-refractivity contribution in [3.63, 3.8) is 0 Å². The highest BCUT2D eigenvalue weighted by molar-refractivity contribution is 5.88. The lowest BCUT2D eigenvalue weighted by Crippen LogP contribution is -2.01. The van der Waals surface area contributed by atoms with E-state index in [1.165, 1.54) is 19.3 Å². The molecule has 2 fully saturated rings. The molecule has 16 heavy (non-hydrogen) atoms. The second-order valence-electron chi connectivity index (χ2n) is 4.99. The van der Waals surface area contributed by atoms with Crippen molar-refractivity contribution in [3.05, 3.63) is 29.3 Å². The van der Waals surface area contributed by atoms with Gasteiger partial charge in [0.25, 0.3) is 0 Å². The van der Waals surface area contributed by atoms with E-state index in [0.29, 0.717) is 11.5 Å². The minimum absolute atomic E-state index is 0.352. The molecule has 0 aliphatic heterocycles. The molecule has 3 N–H and O–H groups in total. The van der Waals surface area contributed by atoms with Gasteiger partial charge < -0.3 is 10.8 Å². The number of hydrogen-bond acceptors (Lipinski definition) is 2. The van der Waals surface area contributed by atoms with Crippen LogP contribution in [0.15, 0.2) is 18.2 Å². The monoisotopic (exact) mass is 217 g/mol. The van der Waals surface area contributed by atoms with Crippen molar-refractivity contribution in [1.29, 1.82) is 0 Å². The predicted molar refractivity (Wildman–Crippen MR) is 61.4 cm³/mol. The number of carbonyl (C=O) groups is 1. The highest BCUT2D eigenvalue weighted by atomic mass is 16.4. The zero-order chi connectivity index (χ0) is 11.3. The zero-order valence-corrected chi connectivity index (χ0v) is 9.02. The van der Waals surface area contributed by atoms with Crippen LogP contribution in [0.3, 0.4) is 0 Å². The maximum absolute atomic E-state index is 10.9. The van der Waals surface area contributed by atoms with Gasteiger partial charge >= 0.3 is 5.97 Å². The van der Waals surface area contributed by atoms with Crippen LogP contribution in [0.5, 0.6) is 0 Å². The van der Waals surface area contributed by atoms with Gasteiger partial charge in [-0.25, -0.2) is 4.79 Å². The number of nitrogen functional groups attached to an aromatic ring is 1. The largest absolute Gasteiger partial charge is 0.478 e. The van der Waals surface area contributed by atoms with Gasteiger partial charge in [0, 0.05) is 5.69 Å². The van der Waals surface area contributed by atoms with E-state index < -0.39 is 5.97 Å². The third kappa shape index (κ3) is 1.56. The van der Waals surface area contributed by atoms with Crippen LogP contribution in [0, 0.1) is 11.8 Å². The summed E-state index contributed by atoms with van der Waals surface area (Å²) < 4.78 is 0. The second kappa shape index (κ2) is 3.24. The van der Waals surface area contributed by atoms with Gasteiger partial charge in [-0.05, 0) is 60.8 Å². The summed E-state index contributed by atoms with van der Waals surface area (Å²) in [6.45, 7) is 0. The van der Waals surface area contributed by atoms with Gasteiger partial charge in [0.15, 0.2) is 0 Å². The zero-order valence-electron chi connectivity index (χ0n) is 9.02. The first-order valence-electron chi connectivity index (χ1n) is 5.79. The number of rotatable bonds is 3. The Kier molecular flexibility index (Phi) is 1.96. The summed E-state index contributed by atoms with van der Waals surface area (Å²) in [6.07, 6.45) is 3.89. The van der Waals surface area contributed by atoms with Crippen molar-refractivity contribution < 1.29 is 9.90 Å². The van der Waals surface area contributed by atoms with Crippen LogP contribution < -0.4 is 5.73 Å². The topological polar surface area (TPSA) is 63.3 Å². The van der Waals surface area contributed by atoms with Crippen LogP contribution in [0.25, 0.3) is 0 Å². The van der Waals surface area contributed by atoms with Gasteiger partial charge in [-0.2, -0.15) is 0 Å². The van der Waals surface area contributed by atoms with Crippen LogP contribution >= 0.6 is 0 Å². The summed E-state index contributed by atoms with van der Waals surface area (Å²) in [5.41, 5.74) is 8.07. The molecule has 1 aromatic carbocycles. The Balaban J connectivity index is 1.88. The average molecular weight is 217 g/mol. The van der Waals surface area contributed by atoms with Crippen molar-refractivity contribution in [2.45, 2.75) is 25.2 Å². The summed E-state index contributed by atoms with van der Waals surface area (Å²) in [5, 5.41) is 8.95. The van der Waals surface area contributed by atoms with Crippen LogP contribution in [-0.4, -0.2) is 11.1 Å². The second-order valence-corrected chi connectivity index (χ2v) is 4.99. The number of benzene rings is 1. The smallest absolute Gasteiger partial charge is 0.335 e. The van der Waals surface area contributed by atoms with Crippen molar-refractivity contribution in [2.24, 2.45) is 11.8 Å². The Morgan fingerprint density at radius 1 is 1.38 bits per heavy atom. The lowest BCUT2D eigenvalue weighted by atomic mass is 10.0. The molecule has 3 nitrogen and oxygen atoms in total. The predicted octanol–water partition coefficient (Wildman–Crippen LogP) is 2.48. The van der Waals surface area contributed by atoms with Gasteiger partial charge in [-0.15, -0.1) is 0 Å². The highest BCUT2D eigenvalue weighted by Gasteiger charge is 2.48. The maximum Gasteiger partial charge on any atom is 0.335 e. The first-order valence-corrected chi connectivity index (χ1v) is 5.79.